The van der Waals surface area contributed by atoms with E-state index in [2.05, 4.69) is 20.8 Å². The molecule has 2 heterocycles. The highest BCUT2D eigenvalue weighted by Gasteiger charge is 2.79. The van der Waals surface area contributed by atoms with Crippen LogP contribution in [0, 0.1) is 40.4 Å². The van der Waals surface area contributed by atoms with Crippen molar-refractivity contribution in [2.45, 2.75) is 83.7 Å². The number of hydrogen-bond acceptors (Lipinski definition) is 4. The smallest absolute Gasteiger partial charge is 0.229 e. The van der Waals surface area contributed by atoms with Crippen LogP contribution in [0.5, 0.6) is 0 Å². The van der Waals surface area contributed by atoms with Gasteiger partial charge in [-0.2, -0.15) is 0 Å². The average Bonchev–Trinajstić information content (AvgIpc) is 2.95. The molecule has 0 radical (unpaired) electrons. The van der Waals surface area contributed by atoms with Crippen molar-refractivity contribution in [1.82, 2.24) is 0 Å². The predicted octanol–water partition coefficient (Wildman–Crippen LogP) is 4.76. The Morgan fingerprint density at radius 3 is 2.21 bits per heavy atom. The first-order valence-electron chi connectivity index (χ1n) is 12.0. The van der Waals surface area contributed by atoms with Crippen molar-refractivity contribution < 1.29 is 18.9 Å². The van der Waals surface area contributed by atoms with Crippen molar-refractivity contribution in [3.8, 4) is 0 Å². The average molecular weight is 391 g/mol. The first-order valence-corrected chi connectivity index (χ1v) is 12.0. The second-order valence-corrected chi connectivity index (χ2v) is 11.4. The van der Waals surface area contributed by atoms with Crippen LogP contribution in [0.1, 0.15) is 72.1 Å². The van der Waals surface area contributed by atoms with Gasteiger partial charge in [0.05, 0.1) is 26.4 Å². The fourth-order valence-corrected chi connectivity index (χ4v) is 9.50. The van der Waals surface area contributed by atoms with E-state index in [-0.39, 0.29) is 5.41 Å². The summed E-state index contributed by atoms with van der Waals surface area (Å²) >= 11 is 0. The van der Waals surface area contributed by atoms with Gasteiger partial charge in [-0.15, -0.1) is 0 Å². The summed E-state index contributed by atoms with van der Waals surface area (Å²) in [4.78, 5) is 0. The first-order chi connectivity index (χ1) is 13.5. The van der Waals surface area contributed by atoms with Crippen molar-refractivity contribution in [3.05, 3.63) is 0 Å². The maximum Gasteiger partial charge on any atom is 0.229 e. The lowest BCUT2D eigenvalue weighted by Gasteiger charge is -2.63. The quantitative estimate of drug-likeness (QED) is 0.597. The van der Waals surface area contributed by atoms with E-state index in [1.165, 1.54) is 44.9 Å². The minimum atomic E-state index is -0.695. The van der Waals surface area contributed by atoms with E-state index in [9.17, 15) is 0 Å². The molecule has 2 aliphatic heterocycles. The summed E-state index contributed by atoms with van der Waals surface area (Å²) in [6.45, 7) is 10.1. The molecule has 2 saturated heterocycles. The van der Waals surface area contributed by atoms with Gasteiger partial charge in [0.1, 0.15) is 0 Å². The Kier molecular flexibility index (Phi) is 3.96. The van der Waals surface area contributed by atoms with Crippen LogP contribution in [-0.2, 0) is 18.9 Å². The number of ether oxygens (including phenoxy) is 4. The second-order valence-electron chi connectivity index (χ2n) is 11.4. The normalized spacial score (nSPS) is 60.8. The van der Waals surface area contributed by atoms with Crippen LogP contribution in [0.15, 0.2) is 0 Å². The number of fused-ring (bicyclic) bond motifs is 5. The van der Waals surface area contributed by atoms with Gasteiger partial charge in [-0.3, -0.25) is 0 Å². The molecule has 0 N–H and O–H groups in total. The van der Waals surface area contributed by atoms with Crippen LogP contribution in [-0.4, -0.2) is 38.0 Å². The zero-order valence-corrected chi connectivity index (χ0v) is 18.0. The summed E-state index contributed by atoms with van der Waals surface area (Å²) in [6.07, 6.45) is 10.6. The molecule has 28 heavy (non-hydrogen) atoms. The Bertz CT molecular complexity index is 637. The molecule has 0 aromatic carbocycles. The van der Waals surface area contributed by atoms with Crippen LogP contribution in [0.4, 0.5) is 0 Å². The molecular weight excluding hydrogens is 352 g/mol. The largest absolute Gasteiger partial charge is 0.343 e. The van der Waals surface area contributed by atoms with Crippen LogP contribution in [0.25, 0.3) is 0 Å². The predicted molar refractivity (Wildman–Crippen MR) is 106 cm³/mol. The van der Waals surface area contributed by atoms with E-state index in [0.29, 0.717) is 37.8 Å². The van der Waals surface area contributed by atoms with Crippen LogP contribution < -0.4 is 0 Å². The topological polar surface area (TPSA) is 36.9 Å². The van der Waals surface area contributed by atoms with Crippen molar-refractivity contribution in [2.24, 2.45) is 40.4 Å². The van der Waals surface area contributed by atoms with E-state index < -0.39 is 11.6 Å². The summed E-state index contributed by atoms with van der Waals surface area (Å²) in [6, 6.07) is 0. The monoisotopic (exact) mass is 390 g/mol. The molecule has 7 atom stereocenters. The molecule has 158 valence electrons. The summed E-state index contributed by atoms with van der Waals surface area (Å²) in [5.41, 5.74) is 0.520. The molecule has 4 heteroatoms. The van der Waals surface area contributed by atoms with E-state index in [1.54, 1.807) is 0 Å². The van der Waals surface area contributed by atoms with Gasteiger partial charge in [0.25, 0.3) is 0 Å². The highest BCUT2D eigenvalue weighted by Crippen LogP contribution is 2.73. The highest BCUT2D eigenvalue weighted by atomic mass is 16.8. The number of hydrogen-bond donors (Lipinski definition) is 0. The van der Waals surface area contributed by atoms with Crippen LogP contribution in [0.3, 0.4) is 0 Å². The first kappa shape index (κ1) is 18.6. The minimum Gasteiger partial charge on any atom is -0.343 e. The lowest BCUT2D eigenvalue weighted by Crippen LogP contribution is -2.69. The molecule has 4 aliphatic carbocycles. The summed E-state index contributed by atoms with van der Waals surface area (Å²) < 4.78 is 25.9. The molecule has 6 rings (SSSR count). The van der Waals surface area contributed by atoms with E-state index in [1.807, 2.05) is 0 Å². The molecule has 0 spiro atoms. The third-order valence-electron chi connectivity index (χ3n) is 10.5. The maximum absolute atomic E-state index is 6.52. The van der Waals surface area contributed by atoms with Crippen molar-refractivity contribution in [2.75, 3.05) is 26.4 Å². The minimum absolute atomic E-state index is 0.00735. The Morgan fingerprint density at radius 1 is 0.750 bits per heavy atom. The van der Waals surface area contributed by atoms with Gasteiger partial charge in [0.15, 0.2) is 0 Å². The van der Waals surface area contributed by atoms with Crippen LogP contribution in [0.2, 0.25) is 0 Å². The van der Waals surface area contributed by atoms with Gasteiger partial charge >= 0.3 is 0 Å². The molecule has 6 aliphatic rings. The Balaban J connectivity index is 1.42. The molecule has 0 aromatic rings. The fourth-order valence-electron chi connectivity index (χ4n) is 9.50. The lowest BCUT2D eigenvalue weighted by molar-refractivity contribution is -0.474. The molecule has 0 amide bonds. The van der Waals surface area contributed by atoms with Gasteiger partial charge in [0, 0.05) is 11.8 Å². The third-order valence-corrected chi connectivity index (χ3v) is 10.5. The van der Waals surface area contributed by atoms with Crippen LogP contribution >= 0.6 is 0 Å². The molecular formula is C24H38O4. The Hall–Kier alpha value is -0.160. The standard InChI is InChI=1S/C24H38O4/c1-16-14-17-19(21(2)8-5-4-6-18(16)21)7-9-22(3)20(17)15-23-24(22,27-12-10-25-23)28-13-11-26-23/h16-20H,4-15H2,1-3H3/t16-,17-,18?,19+,20+,21+,22+,23?,24?/m1/s1. The molecule has 4 nitrogen and oxygen atoms in total. The van der Waals surface area contributed by atoms with Gasteiger partial charge in [0.2, 0.25) is 11.6 Å². The third kappa shape index (κ3) is 2.02. The van der Waals surface area contributed by atoms with Crippen molar-refractivity contribution >= 4 is 0 Å². The summed E-state index contributed by atoms with van der Waals surface area (Å²) in [5, 5.41) is 0. The molecule has 6 fully saturated rings. The van der Waals surface area contributed by atoms with Gasteiger partial charge in [-0.25, -0.2) is 0 Å². The van der Waals surface area contributed by atoms with Crippen molar-refractivity contribution in [1.29, 1.82) is 0 Å². The maximum atomic E-state index is 6.52. The van der Waals surface area contributed by atoms with Gasteiger partial charge in [-0.1, -0.05) is 33.6 Å². The van der Waals surface area contributed by atoms with E-state index in [4.69, 9.17) is 18.9 Å². The summed E-state index contributed by atoms with van der Waals surface area (Å²) in [5.74, 6) is 2.56. The van der Waals surface area contributed by atoms with E-state index in [0.717, 1.165) is 30.1 Å². The van der Waals surface area contributed by atoms with Crippen molar-refractivity contribution in [3.63, 3.8) is 0 Å². The van der Waals surface area contributed by atoms with Gasteiger partial charge < -0.3 is 18.9 Å². The molecule has 0 aromatic heterocycles. The molecule has 0 bridgehead atoms. The summed E-state index contributed by atoms with van der Waals surface area (Å²) in [7, 11) is 0. The zero-order chi connectivity index (χ0) is 19.2. The van der Waals surface area contributed by atoms with E-state index >= 15 is 0 Å². The van der Waals surface area contributed by atoms with Gasteiger partial charge in [-0.05, 0) is 67.1 Å². The SMILES string of the molecule is C[C@@H]1C[C@@H]2[C@H](CC[C@@]3(C)[C@H]2CC24OCCOC23OCCO4)[C@@]2(C)CCCCC12. The number of rotatable bonds is 0. The lowest BCUT2D eigenvalue weighted by atomic mass is 9.43. The Labute approximate surface area is 170 Å². The Morgan fingerprint density at radius 2 is 1.46 bits per heavy atom. The molecule has 4 saturated carbocycles. The zero-order valence-electron chi connectivity index (χ0n) is 18.0. The highest BCUT2D eigenvalue weighted by molar-refractivity contribution is 5.19. The second kappa shape index (κ2) is 5.96. The molecule has 1 unspecified atom stereocenters. The fraction of sp³-hybridized carbons (Fsp3) is 1.00.